The van der Waals surface area contributed by atoms with Crippen molar-refractivity contribution >= 4 is 11.9 Å². The third-order valence-corrected chi connectivity index (χ3v) is 4.00. The number of nitrogens with zero attached hydrogens (tertiary/aromatic N) is 1. The fourth-order valence-electron chi connectivity index (χ4n) is 3.03. The fraction of sp³-hybridized carbons (Fsp3) is 0.846. The van der Waals surface area contributed by atoms with E-state index in [1.165, 1.54) is 12.0 Å². The van der Waals surface area contributed by atoms with Crippen molar-refractivity contribution in [3.63, 3.8) is 0 Å². The SMILES string of the molecule is COC(=O)C1CCCN1C(=O)C1CCCC(F)(F)C1. The third kappa shape index (κ3) is 3.04. The second-order valence-electron chi connectivity index (χ2n) is 5.36. The first-order valence-electron chi connectivity index (χ1n) is 6.71. The molecule has 2 atom stereocenters. The number of hydrogen-bond acceptors (Lipinski definition) is 3. The molecule has 108 valence electrons. The fourth-order valence-corrected chi connectivity index (χ4v) is 3.03. The molecule has 1 saturated carbocycles. The second kappa shape index (κ2) is 5.43. The molecule has 19 heavy (non-hydrogen) atoms. The van der Waals surface area contributed by atoms with E-state index in [0.717, 1.165) is 0 Å². The Kier molecular flexibility index (Phi) is 4.06. The average molecular weight is 275 g/mol. The highest BCUT2D eigenvalue weighted by Crippen LogP contribution is 2.38. The highest BCUT2D eigenvalue weighted by molar-refractivity contribution is 5.86. The smallest absolute Gasteiger partial charge is 0.328 e. The Balaban J connectivity index is 2.04. The number of rotatable bonds is 2. The van der Waals surface area contributed by atoms with E-state index in [4.69, 9.17) is 0 Å². The number of esters is 1. The number of ether oxygens (including phenoxy) is 1. The first-order chi connectivity index (χ1) is 8.94. The zero-order valence-corrected chi connectivity index (χ0v) is 11.0. The van der Waals surface area contributed by atoms with Gasteiger partial charge in [-0.3, -0.25) is 4.79 Å². The number of halogens is 2. The van der Waals surface area contributed by atoms with Gasteiger partial charge in [-0.05, 0) is 25.7 Å². The van der Waals surface area contributed by atoms with Crippen LogP contribution in [-0.4, -0.2) is 42.4 Å². The molecule has 2 fully saturated rings. The minimum atomic E-state index is -2.75. The van der Waals surface area contributed by atoms with Crippen molar-refractivity contribution < 1.29 is 23.1 Å². The van der Waals surface area contributed by atoms with Gasteiger partial charge in [0.2, 0.25) is 11.8 Å². The van der Waals surface area contributed by atoms with Gasteiger partial charge in [0.15, 0.2) is 0 Å². The summed E-state index contributed by atoms with van der Waals surface area (Å²) >= 11 is 0. The molecule has 1 amide bonds. The van der Waals surface area contributed by atoms with E-state index in [2.05, 4.69) is 4.74 Å². The van der Waals surface area contributed by atoms with Crippen LogP contribution in [-0.2, 0) is 14.3 Å². The van der Waals surface area contributed by atoms with Gasteiger partial charge in [-0.25, -0.2) is 13.6 Å². The Labute approximate surface area is 111 Å². The summed E-state index contributed by atoms with van der Waals surface area (Å²) in [5, 5.41) is 0. The molecule has 0 aromatic rings. The summed E-state index contributed by atoms with van der Waals surface area (Å²) in [5.74, 6) is -4.17. The van der Waals surface area contributed by atoms with Crippen LogP contribution in [0.25, 0.3) is 0 Å². The van der Waals surface area contributed by atoms with Crippen LogP contribution >= 0.6 is 0 Å². The monoisotopic (exact) mass is 275 g/mol. The summed E-state index contributed by atoms with van der Waals surface area (Å²) in [6.07, 6.45) is 1.59. The summed E-state index contributed by atoms with van der Waals surface area (Å²) in [5.41, 5.74) is 0. The van der Waals surface area contributed by atoms with Crippen LogP contribution in [0.15, 0.2) is 0 Å². The molecule has 1 aliphatic heterocycles. The zero-order chi connectivity index (χ0) is 14.0. The molecule has 0 radical (unpaired) electrons. The topological polar surface area (TPSA) is 46.6 Å². The van der Waals surface area contributed by atoms with Gasteiger partial charge in [-0.15, -0.1) is 0 Å². The second-order valence-corrected chi connectivity index (χ2v) is 5.36. The van der Waals surface area contributed by atoms with Crippen molar-refractivity contribution in [3.05, 3.63) is 0 Å². The number of alkyl halides is 2. The molecule has 0 aromatic heterocycles. The highest BCUT2D eigenvalue weighted by atomic mass is 19.3. The quantitative estimate of drug-likeness (QED) is 0.724. The Bertz CT molecular complexity index is 373. The molecule has 6 heteroatoms. The highest BCUT2D eigenvalue weighted by Gasteiger charge is 2.43. The third-order valence-electron chi connectivity index (χ3n) is 4.00. The van der Waals surface area contributed by atoms with Crippen LogP contribution in [0.1, 0.15) is 38.5 Å². The summed E-state index contributed by atoms with van der Waals surface area (Å²) in [4.78, 5) is 25.3. The Morgan fingerprint density at radius 2 is 2.00 bits per heavy atom. The van der Waals surface area contributed by atoms with Crippen molar-refractivity contribution in [2.24, 2.45) is 5.92 Å². The number of carbonyl (C=O) groups is 2. The van der Waals surface area contributed by atoms with Crippen LogP contribution in [0.5, 0.6) is 0 Å². The summed E-state index contributed by atoms with van der Waals surface area (Å²) in [6, 6.07) is -0.590. The molecule has 1 aliphatic carbocycles. The molecule has 0 spiro atoms. The number of methoxy groups -OCH3 is 1. The summed E-state index contributed by atoms with van der Waals surface area (Å²) in [6.45, 7) is 0.459. The van der Waals surface area contributed by atoms with E-state index in [1.54, 1.807) is 0 Å². The molecule has 4 nitrogen and oxygen atoms in total. The van der Waals surface area contributed by atoms with Gasteiger partial charge in [-0.2, -0.15) is 0 Å². The maximum Gasteiger partial charge on any atom is 0.328 e. The molecule has 0 N–H and O–H groups in total. The van der Waals surface area contributed by atoms with Gasteiger partial charge >= 0.3 is 5.97 Å². The standard InChI is InChI=1S/C13H19F2NO3/c1-19-12(18)10-5-3-7-16(10)11(17)9-4-2-6-13(14,15)8-9/h9-10H,2-8H2,1H3. The molecule has 0 bridgehead atoms. The molecule has 1 heterocycles. The van der Waals surface area contributed by atoms with Crippen molar-refractivity contribution in [1.29, 1.82) is 0 Å². The van der Waals surface area contributed by atoms with E-state index in [0.29, 0.717) is 32.2 Å². The van der Waals surface area contributed by atoms with Crippen LogP contribution in [0, 0.1) is 5.92 Å². The Morgan fingerprint density at radius 1 is 1.26 bits per heavy atom. The molecule has 2 rings (SSSR count). The van der Waals surface area contributed by atoms with Gasteiger partial charge < -0.3 is 9.64 Å². The van der Waals surface area contributed by atoms with Gasteiger partial charge in [0.1, 0.15) is 6.04 Å². The molecular weight excluding hydrogens is 256 g/mol. The van der Waals surface area contributed by atoms with E-state index in [-0.39, 0.29) is 12.3 Å². The number of hydrogen-bond donors (Lipinski definition) is 0. The van der Waals surface area contributed by atoms with Crippen molar-refractivity contribution in [1.82, 2.24) is 4.90 Å². The van der Waals surface area contributed by atoms with E-state index >= 15 is 0 Å². The number of amides is 1. The molecular formula is C13H19F2NO3. The van der Waals surface area contributed by atoms with Gasteiger partial charge in [0.05, 0.1) is 7.11 Å². The summed E-state index contributed by atoms with van der Waals surface area (Å²) in [7, 11) is 1.28. The normalized spacial score (nSPS) is 30.2. The lowest BCUT2D eigenvalue weighted by Crippen LogP contribution is -2.46. The van der Waals surface area contributed by atoms with E-state index in [9.17, 15) is 18.4 Å². The minimum Gasteiger partial charge on any atom is -0.467 e. The van der Waals surface area contributed by atoms with E-state index in [1.807, 2.05) is 0 Å². The zero-order valence-electron chi connectivity index (χ0n) is 11.0. The lowest BCUT2D eigenvalue weighted by molar-refractivity contribution is -0.154. The molecule has 2 aliphatic rings. The van der Waals surface area contributed by atoms with Crippen LogP contribution in [0.2, 0.25) is 0 Å². The Morgan fingerprint density at radius 3 is 2.63 bits per heavy atom. The summed E-state index contributed by atoms with van der Waals surface area (Å²) < 4.78 is 31.4. The molecule has 2 unspecified atom stereocenters. The lowest BCUT2D eigenvalue weighted by atomic mass is 9.85. The Hall–Kier alpha value is -1.20. The predicted molar refractivity (Wildman–Crippen MR) is 63.7 cm³/mol. The largest absolute Gasteiger partial charge is 0.467 e. The maximum absolute atomic E-state index is 13.4. The van der Waals surface area contributed by atoms with Crippen LogP contribution < -0.4 is 0 Å². The lowest BCUT2D eigenvalue weighted by Gasteiger charge is -2.32. The number of carbonyl (C=O) groups excluding carboxylic acids is 2. The van der Waals surface area contributed by atoms with Gasteiger partial charge in [0.25, 0.3) is 0 Å². The minimum absolute atomic E-state index is 0.142. The van der Waals surface area contributed by atoms with Crippen molar-refractivity contribution in [3.8, 4) is 0 Å². The molecule has 1 saturated heterocycles. The van der Waals surface area contributed by atoms with Gasteiger partial charge in [-0.1, -0.05) is 0 Å². The van der Waals surface area contributed by atoms with Gasteiger partial charge in [0, 0.05) is 25.3 Å². The maximum atomic E-state index is 13.4. The van der Waals surface area contributed by atoms with Crippen molar-refractivity contribution in [2.75, 3.05) is 13.7 Å². The van der Waals surface area contributed by atoms with E-state index < -0.39 is 30.3 Å². The van der Waals surface area contributed by atoms with Crippen LogP contribution in [0.4, 0.5) is 8.78 Å². The first kappa shape index (κ1) is 14.2. The number of likely N-dealkylation sites (tertiary alicyclic amines) is 1. The molecule has 0 aromatic carbocycles. The van der Waals surface area contributed by atoms with Crippen LogP contribution in [0.3, 0.4) is 0 Å². The first-order valence-corrected chi connectivity index (χ1v) is 6.71. The van der Waals surface area contributed by atoms with Crippen molar-refractivity contribution in [2.45, 2.75) is 50.5 Å². The average Bonchev–Trinajstić information content (AvgIpc) is 2.84. The predicted octanol–water partition coefficient (Wildman–Crippen LogP) is 1.98.